The molecule has 2 saturated heterocycles. The van der Waals surface area contributed by atoms with Crippen LogP contribution in [0.1, 0.15) is 31.7 Å². The number of hydrogen-bond donors (Lipinski definition) is 0. The Hall–Kier alpha value is -3.10. The fraction of sp³-hybridized carbons (Fsp3) is 0.583. The SMILES string of the molecule is CCOC(=O)C1CCN(C(=O)CN(C)C(=O)C2CC(=O)N(c3cc(C)ccc3OC)C2)CC1. The summed E-state index contributed by atoms with van der Waals surface area (Å²) in [5.74, 6) is -0.855. The summed E-state index contributed by atoms with van der Waals surface area (Å²) in [7, 11) is 3.14. The van der Waals surface area contributed by atoms with Crippen molar-refractivity contribution < 1.29 is 28.7 Å². The number of esters is 1. The van der Waals surface area contributed by atoms with Crippen molar-refractivity contribution in [2.45, 2.75) is 33.1 Å². The van der Waals surface area contributed by atoms with Gasteiger partial charge in [-0.25, -0.2) is 0 Å². The number of piperidine rings is 1. The van der Waals surface area contributed by atoms with E-state index in [9.17, 15) is 19.2 Å². The molecule has 2 heterocycles. The summed E-state index contributed by atoms with van der Waals surface area (Å²) in [5, 5.41) is 0. The quantitative estimate of drug-likeness (QED) is 0.575. The second kappa shape index (κ2) is 10.7. The topological polar surface area (TPSA) is 96.5 Å². The number of nitrogens with zero attached hydrogens (tertiary/aromatic N) is 3. The monoisotopic (exact) mass is 459 g/mol. The third-order valence-corrected chi connectivity index (χ3v) is 6.32. The van der Waals surface area contributed by atoms with Gasteiger partial charge in [0.2, 0.25) is 17.7 Å². The van der Waals surface area contributed by atoms with Crippen LogP contribution in [0.4, 0.5) is 5.69 Å². The fourth-order valence-electron chi connectivity index (χ4n) is 4.43. The van der Waals surface area contributed by atoms with Crippen molar-refractivity contribution in [2.75, 3.05) is 51.8 Å². The molecule has 1 atom stereocenters. The Labute approximate surface area is 194 Å². The molecule has 1 aromatic rings. The van der Waals surface area contributed by atoms with Crippen molar-refractivity contribution in [3.8, 4) is 5.75 Å². The molecule has 0 radical (unpaired) electrons. The van der Waals surface area contributed by atoms with Gasteiger partial charge >= 0.3 is 5.97 Å². The van der Waals surface area contributed by atoms with E-state index in [0.717, 1.165) is 5.56 Å². The highest BCUT2D eigenvalue weighted by Gasteiger charge is 2.38. The fourth-order valence-corrected chi connectivity index (χ4v) is 4.43. The van der Waals surface area contributed by atoms with Crippen molar-refractivity contribution in [3.05, 3.63) is 23.8 Å². The van der Waals surface area contributed by atoms with Crippen LogP contribution in [-0.2, 0) is 23.9 Å². The molecule has 0 saturated carbocycles. The number of methoxy groups -OCH3 is 1. The molecular formula is C24H33N3O6. The van der Waals surface area contributed by atoms with E-state index >= 15 is 0 Å². The van der Waals surface area contributed by atoms with Crippen LogP contribution in [0.25, 0.3) is 0 Å². The van der Waals surface area contributed by atoms with Crippen LogP contribution >= 0.6 is 0 Å². The van der Waals surface area contributed by atoms with Gasteiger partial charge in [0.15, 0.2) is 0 Å². The zero-order valence-corrected chi connectivity index (χ0v) is 19.8. The van der Waals surface area contributed by atoms with E-state index in [1.165, 1.54) is 4.90 Å². The third kappa shape index (κ3) is 5.64. The molecule has 9 nitrogen and oxygen atoms in total. The van der Waals surface area contributed by atoms with E-state index < -0.39 is 5.92 Å². The molecule has 3 amide bonds. The van der Waals surface area contributed by atoms with Gasteiger partial charge in [-0.1, -0.05) is 6.07 Å². The van der Waals surface area contributed by atoms with Crippen molar-refractivity contribution in [1.29, 1.82) is 0 Å². The number of ether oxygens (including phenoxy) is 2. The molecule has 0 aromatic heterocycles. The summed E-state index contributed by atoms with van der Waals surface area (Å²) in [6.07, 6.45) is 1.22. The summed E-state index contributed by atoms with van der Waals surface area (Å²) in [5.41, 5.74) is 1.64. The van der Waals surface area contributed by atoms with Gasteiger partial charge in [-0.2, -0.15) is 0 Å². The lowest BCUT2D eigenvalue weighted by Gasteiger charge is -2.32. The zero-order chi connectivity index (χ0) is 24.1. The van der Waals surface area contributed by atoms with Crippen LogP contribution in [-0.4, -0.2) is 80.4 Å². The number of likely N-dealkylation sites (N-methyl/N-ethyl adjacent to an activating group) is 1. The van der Waals surface area contributed by atoms with Gasteiger partial charge in [0.1, 0.15) is 5.75 Å². The van der Waals surface area contributed by atoms with E-state index in [-0.39, 0.29) is 49.1 Å². The van der Waals surface area contributed by atoms with Gasteiger partial charge in [-0.05, 0) is 44.4 Å². The van der Waals surface area contributed by atoms with Crippen molar-refractivity contribution in [1.82, 2.24) is 9.80 Å². The first kappa shape index (κ1) is 24.5. The Morgan fingerprint density at radius 3 is 2.48 bits per heavy atom. The molecule has 2 aliphatic heterocycles. The zero-order valence-electron chi connectivity index (χ0n) is 19.8. The Morgan fingerprint density at radius 1 is 1.15 bits per heavy atom. The van der Waals surface area contributed by atoms with E-state index in [1.807, 2.05) is 25.1 Å². The van der Waals surface area contributed by atoms with Gasteiger partial charge in [0.25, 0.3) is 0 Å². The molecule has 2 fully saturated rings. The molecule has 3 rings (SSSR count). The normalized spacial score (nSPS) is 18.9. The second-order valence-corrected chi connectivity index (χ2v) is 8.68. The number of likely N-dealkylation sites (tertiary alicyclic amines) is 1. The highest BCUT2D eigenvalue weighted by molar-refractivity contribution is 6.01. The minimum Gasteiger partial charge on any atom is -0.495 e. The third-order valence-electron chi connectivity index (χ3n) is 6.32. The molecule has 33 heavy (non-hydrogen) atoms. The first-order valence-electron chi connectivity index (χ1n) is 11.4. The van der Waals surface area contributed by atoms with Crippen molar-refractivity contribution in [3.63, 3.8) is 0 Å². The Bertz CT molecular complexity index is 909. The number of amides is 3. The van der Waals surface area contributed by atoms with Gasteiger partial charge in [-0.15, -0.1) is 0 Å². The minimum absolute atomic E-state index is 0.0542. The Balaban J connectivity index is 1.55. The first-order valence-corrected chi connectivity index (χ1v) is 11.4. The number of carbonyl (C=O) groups excluding carboxylic acids is 4. The van der Waals surface area contributed by atoms with Gasteiger partial charge in [0.05, 0.1) is 37.8 Å². The molecule has 9 heteroatoms. The van der Waals surface area contributed by atoms with Crippen LogP contribution < -0.4 is 9.64 Å². The van der Waals surface area contributed by atoms with Crippen LogP contribution in [0.3, 0.4) is 0 Å². The predicted molar refractivity (Wildman–Crippen MR) is 122 cm³/mol. The second-order valence-electron chi connectivity index (χ2n) is 8.68. The number of rotatable bonds is 7. The highest BCUT2D eigenvalue weighted by atomic mass is 16.5. The molecule has 180 valence electrons. The van der Waals surface area contributed by atoms with Crippen LogP contribution in [0.5, 0.6) is 5.75 Å². The lowest BCUT2D eigenvalue weighted by Crippen LogP contribution is -2.46. The standard InChI is InChI=1S/C24H33N3O6/c1-5-33-24(31)17-8-10-26(11-9-17)22(29)15-25(3)23(30)18-13-21(28)27(14-18)19-12-16(2)6-7-20(19)32-4/h6-7,12,17-18H,5,8-11,13-15H2,1-4H3. The lowest BCUT2D eigenvalue weighted by molar-refractivity contribution is -0.151. The first-order chi connectivity index (χ1) is 15.7. The predicted octanol–water partition coefficient (Wildman–Crippen LogP) is 1.62. The molecule has 1 unspecified atom stereocenters. The van der Waals surface area contributed by atoms with E-state index in [2.05, 4.69) is 0 Å². The number of hydrogen-bond acceptors (Lipinski definition) is 6. The Morgan fingerprint density at radius 2 is 1.85 bits per heavy atom. The van der Waals surface area contributed by atoms with Gasteiger partial charge in [0, 0.05) is 33.1 Å². The van der Waals surface area contributed by atoms with Gasteiger partial charge < -0.3 is 24.2 Å². The summed E-state index contributed by atoms with van der Waals surface area (Å²) in [6.45, 7) is 5.18. The molecule has 1 aromatic carbocycles. The van der Waals surface area contributed by atoms with E-state index in [1.54, 1.807) is 30.9 Å². The molecule has 0 aliphatic carbocycles. The highest BCUT2D eigenvalue weighted by Crippen LogP contribution is 2.34. The maximum absolute atomic E-state index is 13.0. The molecule has 0 spiro atoms. The minimum atomic E-state index is -0.518. The maximum Gasteiger partial charge on any atom is 0.309 e. The number of carbonyl (C=O) groups is 4. The summed E-state index contributed by atoms with van der Waals surface area (Å²) in [4.78, 5) is 55.0. The number of benzene rings is 1. The summed E-state index contributed by atoms with van der Waals surface area (Å²) >= 11 is 0. The molecule has 0 N–H and O–H groups in total. The summed E-state index contributed by atoms with van der Waals surface area (Å²) in [6, 6.07) is 5.58. The number of anilines is 1. The van der Waals surface area contributed by atoms with Crippen molar-refractivity contribution in [2.24, 2.45) is 11.8 Å². The van der Waals surface area contributed by atoms with Crippen LogP contribution in [0, 0.1) is 18.8 Å². The number of aryl methyl sites for hydroxylation is 1. The Kier molecular flexibility index (Phi) is 7.94. The van der Waals surface area contributed by atoms with E-state index in [0.29, 0.717) is 44.0 Å². The molecular weight excluding hydrogens is 426 g/mol. The molecule has 0 bridgehead atoms. The van der Waals surface area contributed by atoms with Crippen molar-refractivity contribution >= 4 is 29.4 Å². The maximum atomic E-state index is 13.0. The van der Waals surface area contributed by atoms with Crippen LogP contribution in [0.15, 0.2) is 18.2 Å². The average Bonchev–Trinajstić information content (AvgIpc) is 3.20. The lowest BCUT2D eigenvalue weighted by atomic mass is 9.97. The van der Waals surface area contributed by atoms with E-state index in [4.69, 9.17) is 9.47 Å². The van der Waals surface area contributed by atoms with Gasteiger partial charge in [-0.3, -0.25) is 19.2 Å². The molecule has 2 aliphatic rings. The summed E-state index contributed by atoms with van der Waals surface area (Å²) < 4.78 is 10.5. The average molecular weight is 460 g/mol. The smallest absolute Gasteiger partial charge is 0.309 e. The largest absolute Gasteiger partial charge is 0.495 e. The van der Waals surface area contributed by atoms with Crippen LogP contribution in [0.2, 0.25) is 0 Å².